The molecule has 1 aromatic carbocycles. The number of carbonyl (C=O) groups is 2. The number of benzene rings is 1. The van der Waals surface area contributed by atoms with Crippen molar-refractivity contribution in [3.63, 3.8) is 0 Å². The molecule has 0 spiro atoms. The van der Waals surface area contributed by atoms with Crippen molar-refractivity contribution in [1.29, 1.82) is 0 Å². The molecule has 0 aliphatic carbocycles. The zero-order chi connectivity index (χ0) is 14.2. The second-order valence-electron chi connectivity index (χ2n) is 5.12. The third kappa shape index (κ3) is 2.45. The monoisotopic (exact) mass is 264 g/mol. The summed E-state index contributed by atoms with van der Waals surface area (Å²) < 4.78 is 13.9. The molecule has 1 atom stereocenters. The van der Waals surface area contributed by atoms with Crippen LogP contribution in [0.2, 0.25) is 0 Å². The van der Waals surface area contributed by atoms with Gasteiger partial charge < -0.3 is 5.32 Å². The smallest absolute Gasteiger partial charge is 0.250 e. The number of nitrogens with one attached hydrogen (secondary N) is 1. The third-order valence-corrected chi connectivity index (χ3v) is 3.28. The van der Waals surface area contributed by atoms with Gasteiger partial charge in [0.2, 0.25) is 11.8 Å². The molecule has 1 saturated heterocycles. The number of nitrogens with zero attached hydrogens (tertiary/aromatic N) is 1. The number of aryl methyl sites for hydroxylation is 1. The fourth-order valence-corrected chi connectivity index (χ4v) is 2.28. The van der Waals surface area contributed by atoms with Crippen molar-refractivity contribution in [1.82, 2.24) is 5.32 Å². The summed E-state index contributed by atoms with van der Waals surface area (Å²) in [6.45, 7) is 5.29. The predicted octanol–water partition coefficient (Wildman–Crippen LogP) is 1.62. The van der Waals surface area contributed by atoms with Gasteiger partial charge in [-0.2, -0.15) is 0 Å². The molecule has 1 aliphatic heterocycles. The van der Waals surface area contributed by atoms with E-state index in [0.717, 1.165) is 0 Å². The number of rotatable bonds is 2. The molecule has 1 unspecified atom stereocenters. The highest BCUT2D eigenvalue weighted by atomic mass is 19.1. The molecule has 0 saturated carbocycles. The van der Waals surface area contributed by atoms with Crippen molar-refractivity contribution in [3.05, 3.63) is 29.6 Å². The zero-order valence-corrected chi connectivity index (χ0v) is 11.2. The van der Waals surface area contributed by atoms with Crippen molar-refractivity contribution in [3.8, 4) is 0 Å². The number of anilines is 1. The number of carbonyl (C=O) groups excluding carboxylic acids is 2. The second-order valence-corrected chi connectivity index (χ2v) is 5.12. The van der Waals surface area contributed by atoms with Crippen LogP contribution in [0.5, 0.6) is 0 Å². The van der Waals surface area contributed by atoms with Crippen molar-refractivity contribution in [2.45, 2.75) is 26.8 Å². The van der Waals surface area contributed by atoms with E-state index in [1.165, 1.54) is 11.0 Å². The summed E-state index contributed by atoms with van der Waals surface area (Å²) in [4.78, 5) is 25.3. The van der Waals surface area contributed by atoms with Crippen LogP contribution in [0.3, 0.4) is 0 Å². The van der Waals surface area contributed by atoms with Crippen molar-refractivity contribution < 1.29 is 14.0 Å². The normalized spacial score (nSPS) is 19.8. The van der Waals surface area contributed by atoms with E-state index in [2.05, 4.69) is 5.32 Å². The predicted molar refractivity (Wildman–Crippen MR) is 70.3 cm³/mol. The fourth-order valence-electron chi connectivity index (χ4n) is 2.28. The van der Waals surface area contributed by atoms with Crippen molar-refractivity contribution in [2.24, 2.45) is 5.92 Å². The first-order valence-corrected chi connectivity index (χ1v) is 6.27. The van der Waals surface area contributed by atoms with E-state index >= 15 is 0 Å². The number of hydrogen-bond acceptors (Lipinski definition) is 2. The van der Waals surface area contributed by atoms with Gasteiger partial charge in [-0.05, 0) is 24.5 Å². The molecule has 0 aromatic heterocycles. The molecule has 2 rings (SSSR count). The topological polar surface area (TPSA) is 49.4 Å². The first kappa shape index (κ1) is 13.5. The first-order chi connectivity index (χ1) is 8.91. The summed E-state index contributed by atoms with van der Waals surface area (Å²) in [6, 6.07) is 4.01. The van der Waals surface area contributed by atoms with E-state index in [-0.39, 0.29) is 30.0 Å². The van der Waals surface area contributed by atoms with Crippen LogP contribution in [0, 0.1) is 18.7 Å². The Morgan fingerprint density at radius 1 is 1.37 bits per heavy atom. The van der Waals surface area contributed by atoms with Crippen LogP contribution in [0.15, 0.2) is 18.2 Å². The Morgan fingerprint density at radius 3 is 2.63 bits per heavy atom. The maximum atomic E-state index is 13.9. The molecule has 1 heterocycles. The standard InChI is InChI=1S/C14H17FN2O2/c1-8(2)12-14(19)17(7-11(18)16-12)13-9(3)5-4-6-10(13)15/h4-6,8,12H,7H2,1-3H3,(H,16,18). The maximum absolute atomic E-state index is 13.9. The SMILES string of the molecule is Cc1cccc(F)c1N1CC(=O)NC(C(C)C)C1=O. The maximum Gasteiger partial charge on any atom is 0.250 e. The largest absolute Gasteiger partial charge is 0.342 e. The average molecular weight is 264 g/mol. The second kappa shape index (κ2) is 4.99. The molecule has 1 aromatic rings. The summed E-state index contributed by atoms with van der Waals surface area (Å²) in [5.74, 6) is -1.04. The number of hydrogen-bond donors (Lipinski definition) is 1. The van der Waals surface area contributed by atoms with E-state index < -0.39 is 11.9 Å². The molecule has 1 aliphatic rings. The lowest BCUT2D eigenvalue weighted by molar-refractivity contribution is -0.132. The Labute approximate surface area is 111 Å². The Hall–Kier alpha value is -1.91. The molecule has 2 amide bonds. The summed E-state index contributed by atoms with van der Waals surface area (Å²) in [6.07, 6.45) is 0. The van der Waals surface area contributed by atoms with Crippen LogP contribution in [0.1, 0.15) is 19.4 Å². The lowest BCUT2D eigenvalue weighted by Crippen LogP contribution is -2.60. The minimum Gasteiger partial charge on any atom is -0.342 e. The first-order valence-electron chi connectivity index (χ1n) is 6.27. The van der Waals surface area contributed by atoms with Crippen LogP contribution in [0.25, 0.3) is 0 Å². The molecule has 102 valence electrons. The molecular formula is C14H17FN2O2. The van der Waals surface area contributed by atoms with Gasteiger partial charge in [0.25, 0.3) is 0 Å². The highest BCUT2D eigenvalue weighted by Gasteiger charge is 2.36. The molecule has 19 heavy (non-hydrogen) atoms. The van der Waals surface area contributed by atoms with E-state index in [0.29, 0.717) is 5.56 Å². The highest BCUT2D eigenvalue weighted by molar-refractivity contribution is 6.07. The van der Waals surface area contributed by atoms with Crippen LogP contribution < -0.4 is 10.2 Å². The van der Waals surface area contributed by atoms with Gasteiger partial charge >= 0.3 is 0 Å². The average Bonchev–Trinajstić information content (AvgIpc) is 2.32. The Morgan fingerprint density at radius 2 is 2.05 bits per heavy atom. The number of piperazine rings is 1. The van der Waals surface area contributed by atoms with Crippen LogP contribution >= 0.6 is 0 Å². The summed E-state index contributed by atoms with van der Waals surface area (Å²) >= 11 is 0. The van der Waals surface area contributed by atoms with E-state index in [4.69, 9.17) is 0 Å². The lowest BCUT2D eigenvalue weighted by atomic mass is 9.99. The summed E-state index contributed by atoms with van der Waals surface area (Å²) in [5.41, 5.74) is 0.846. The number of halogens is 1. The van der Waals surface area contributed by atoms with Crippen LogP contribution in [0.4, 0.5) is 10.1 Å². The van der Waals surface area contributed by atoms with Crippen molar-refractivity contribution in [2.75, 3.05) is 11.4 Å². The minimum atomic E-state index is -0.597. The summed E-state index contributed by atoms with van der Waals surface area (Å²) in [5, 5.41) is 2.65. The minimum absolute atomic E-state index is 0.0358. The third-order valence-electron chi connectivity index (χ3n) is 3.28. The molecule has 1 fully saturated rings. The zero-order valence-electron chi connectivity index (χ0n) is 11.2. The van der Waals surface area contributed by atoms with E-state index in [9.17, 15) is 14.0 Å². The molecule has 1 N–H and O–H groups in total. The number of amides is 2. The Kier molecular flexibility index (Phi) is 3.55. The van der Waals surface area contributed by atoms with Gasteiger partial charge in [-0.1, -0.05) is 26.0 Å². The van der Waals surface area contributed by atoms with Crippen molar-refractivity contribution >= 4 is 17.5 Å². The van der Waals surface area contributed by atoms with Gasteiger partial charge in [-0.15, -0.1) is 0 Å². The molecule has 4 nitrogen and oxygen atoms in total. The van der Waals surface area contributed by atoms with Gasteiger partial charge in [0.15, 0.2) is 0 Å². The van der Waals surface area contributed by atoms with Gasteiger partial charge in [0.1, 0.15) is 18.4 Å². The molecule has 5 heteroatoms. The van der Waals surface area contributed by atoms with Gasteiger partial charge in [-0.25, -0.2) is 4.39 Å². The Balaban J connectivity index is 2.43. The fraction of sp³-hybridized carbons (Fsp3) is 0.429. The molecule has 0 radical (unpaired) electrons. The Bertz CT molecular complexity index is 508. The molecule has 0 bridgehead atoms. The van der Waals surface area contributed by atoms with E-state index in [1.807, 2.05) is 13.8 Å². The van der Waals surface area contributed by atoms with Crippen LogP contribution in [-0.4, -0.2) is 24.4 Å². The van der Waals surface area contributed by atoms with Gasteiger partial charge in [0.05, 0.1) is 5.69 Å². The van der Waals surface area contributed by atoms with Gasteiger partial charge in [-0.3, -0.25) is 14.5 Å². The highest BCUT2D eigenvalue weighted by Crippen LogP contribution is 2.26. The van der Waals surface area contributed by atoms with Crippen LogP contribution in [-0.2, 0) is 9.59 Å². The quantitative estimate of drug-likeness (QED) is 0.882. The lowest BCUT2D eigenvalue weighted by Gasteiger charge is -2.35. The number of para-hydroxylation sites is 1. The van der Waals surface area contributed by atoms with Gasteiger partial charge in [0, 0.05) is 0 Å². The molecular weight excluding hydrogens is 247 g/mol. The van der Waals surface area contributed by atoms with E-state index in [1.54, 1.807) is 19.1 Å². The summed E-state index contributed by atoms with van der Waals surface area (Å²) in [7, 11) is 0.